The predicted octanol–water partition coefficient (Wildman–Crippen LogP) is -1.67. The first-order valence-corrected chi connectivity index (χ1v) is 3.14. The van der Waals surface area contributed by atoms with Crippen molar-refractivity contribution in [2.45, 2.75) is 0 Å². The predicted molar refractivity (Wildman–Crippen MR) is 42.5 cm³/mol. The van der Waals surface area contributed by atoms with Crippen molar-refractivity contribution in [2.75, 3.05) is 0 Å². The summed E-state index contributed by atoms with van der Waals surface area (Å²) < 4.78 is 0. The van der Waals surface area contributed by atoms with E-state index >= 15 is 0 Å². The summed E-state index contributed by atoms with van der Waals surface area (Å²) in [5.74, 6) is -0.587. The molecule has 0 amide bonds. The molecule has 0 aliphatic rings. The molecule has 0 aromatic heterocycles. The molecule has 14 heavy (non-hydrogen) atoms. The van der Waals surface area contributed by atoms with Crippen LogP contribution in [0.25, 0.3) is 0 Å². The average molecular weight is 224 g/mol. The Kier molecular flexibility index (Phi) is 5.16. The Morgan fingerprint density at radius 1 is 1.21 bits per heavy atom. The van der Waals surface area contributed by atoms with E-state index in [1.807, 2.05) is 0 Å². The van der Waals surface area contributed by atoms with E-state index in [4.69, 9.17) is 5.11 Å². The number of phenolic OH excluding ortho intramolecular Hbond substituents is 1. The molecule has 1 N–H and O–H groups in total. The van der Waals surface area contributed by atoms with Gasteiger partial charge in [-0.15, -0.1) is 0 Å². The van der Waals surface area contributed by atoms with Crippen molar-refractivity contribution in [2.24, 2.45) is 0 Å². The monoisotopic (exact) mass is 224 g/mol. The summed E-state index contributed by atoms with van der Waals surface area (Å²) in [5.41, 5.74) is -1.10. The number of non-ortho nitro benzene ring substituents is 1. The van der Waals surface area contributed by atoms with Crippen LogP contribution in [0.2, 0.25) is 0 Å². The maximum atomic E-state index is 10.2. The minimum absolute atomic E-state index is 0. The standard InChI is InChI=1S/C6H4N2O5.K.H/c9-6-2-1-4(7(10)11)3-5(6)8(12)13;;/h1-3,9H;;/q;+1;-1. The summed E-state index contributed by atoms with van der Waals surface area (Å²) in [6, 6.07) is 2.61. The van der Waals surface area contributed by atoms with Gasteiger partial charge in [0.1, 0.15) is 0 Å². The molecule has 0 radical (unpaired) electrons. The molecule has 0 fully saturated rings. The van der Waals surface area contributed by atoms with Gasteiger partial charge in [-0.3, -0.25) is 20.2 Å². The molecule has 0 aliphatic heterocycles. The fourth-order valence-corrected chi connectivity index (χ4v) is 0.772. The van der Waals surface area contributed by atoms with Gasteiger partial charge in [-0.05, 0) is 6.07 Å². The molecular weight excluding hydrogens is 219 g/mol. The zero-order chi connectivity index (χ0) is 10.0. The second-order valence-electron chi connectivity index (χ2n) is 2.19. The third-order valence-electron chi connectivity index (χ3n) is 1.37. The minimum Gasteiger partial charge on any atom is -1.00 e. The molecule has 8 heteroatoms. The van der Waals surface area contributed by atoms with Crippen LogP contribution in [0.3, 0.4) is 0 Å². The van der Waals surface area contributed by atoms with E-state index in [1.165, 1.54) is 0 Å². The first-order valence-electron chi connectivity index (χ1n) is 3.14. The fourth-order valence-electron chi connectivity index (χ4n) is 0.772. The number of phenols is 1. The van der Waals surface area contributed by atoms with E-state index in [-0.39, 0.29) is 52.8 Å². The topological polar surface area (TPSA) is 107 Å². The first kappa shape index (κ1) is 13.5. The van der Waals surface area contributed by atoms with Crippen molar-refractivity contribution in [1.82, 2.24) is 0 Å². The van der Waals surface area contributed by atoms with Crippen molar-refractivity contribution in [1.29, 1.82) is 0 Å². The molecule has 0 saturated heterocycles. The van der Waals surface area contributed by atoms with E-state index < -0.39 is 27.0 Å². The summed E-state index contributed by atoms with van der Waals surface area (Å²) in [4.78, 5) is 18.7. The van der Waals surface area contributed by atoms with Gasteiger partial charge in [0, 0.05) is 6.07 Å². The number of nitrogens with zero attached hydrogens (tertiary/aromatic N) is 2. The molecule has 1 aromatic carbocycles. The molecule has 0 bridgehead atoms. The number of hydrogen-bond donors (Lipinski definition) is 1. The zero-order valence-corrected chi connectivity index (χ0v) is 10.3. The summed E-state index contributed by atoms with van der Waals surface area (Å²) in [6.45, 7) is 0. The normalized spacial score (nSPS) is 8.86. The second kappa shape index (κ2) is 5.37. The van der Waals surface area contributed by atoms with Gasteiger partial charge in [-0.2, -0.15) is 0 Å². The minimum atomic E-state index is -0.887. The molecule has 70 valence electrons. The Morgan fingerprint density at radius 3 is 2.21 bits per heavy atom. The van der Waals surface area contributed by atoms with Crippen molar-refractivity contribution in [3.8, 4) is 5.75 Å². The van der Waals surface area contributed by atoms with Gasteiger partial charge in [0.05, 0.1) is 15.9 Å². The Morgan fingerprint density at radius 2 is 1.79 bits per heavy atom. The van der Waals surface area contributed by atoms with Crippen LogP contribution < -0.4 is 51.4 Å². The van der Waals surface area contributed by atoms with E-state index in [0.717, 1.165) is 12.1 Å². The molecule has 0 atom stereocenters. The molecule has 0 spiro atoms. The van der Waals surface area contributed by atoms with Crippen LogP contribution in [0.1, 0.15) is 1.43 Å². The van der Waals surface area contributed by atoms with Gasteiger partial charge >= 0.3 is 57.1 Å². The van der Waals surface area contributed by atoms with Gasteiger partial charge in [0.25, 0.3) is 5.69 Å². The van der Waals surface area contributed by atoms with Crippen LogP contribution in [0.5, 0.6) is 5.75 Å². The molecular formula is C6H5KN2O5. The largest absolute Gasteiger partial charge is 1.00 e. The van der Waals surface area contributed by atoms with E-state index in [2.05, 4.69) is 0 Å². The van der Waals surface area contributed by atoms with Gasteiger partial charge in [0.2, 0.25) is 0 Å². The quantitative estimate of drug-likeness (QED) is 0.367. The number of benzene rings is 1. The van der Waals surface area contributed by atoms with Crippen LogP contribution in [0.15, 0.2) is 18.2 Å². The Bertz CT molecular complexity index is 386. The average Bonchev–Trinajstić information content (AvgIpc) is 2.04. The Hall–Kier alpha value is -0.544. The Labute approximate surface area is 122 Å². The number of hydrogen-bond acceptors (Lipinski definition) is 5. The molecule has 0 unspecified atom stereocenters. The van der Waals surface area contributed by atoms with Crippen molar-refractivity contribution >= 4 is 11.4 Å². The third-order valence-corrected chi connectivity index (χ3v) is 1.37. The fraction of sp³-hybridized carbons (Fsp3) is 0. The van der Waals surface area contributed by atoms with Crippen LogP contribution in [-0.4, -0.2) is 15.0 Å². The van der Waals surface area contributed by atoms with Gasteiger partial charge in [-0.25, -0.2) is 0 Å². The van der Waals surface area contributed by atoms with Crippen LogP contribution in [-0.2, 0) is 0 Å². The SMILES string of the molecule is O=[N+]([O-])c1ccc(O)c([N+](=O)[O-])c1.[H-].[K+]. The Balaban J connectivity index is 0. The molecule has 0 heterocycles. The second-order valence-corrected chi connectivity index (χ2v) is 2.19. The number of rotatable bonds is 2. The smallest absolute Gasteiger partial charge is 1.00 e. The third kappa shape index (κ3) is 2.99. The van der Waals surface area contributed by atoms with Crippen LogP contribution in [0.4, 0.5) is 11.4 Å². The van der Waals surface area contributed by atoms with Crippen molar-refractivity contribution in [3.05, 3.63) is 38.4 Å². The summed E-state index contributed by atoms with van der Waals surface area (Å²) in [7, 11) is 0. The first-order chi connectivity index (χ1) is 6.02. The summed E-state index contributed by atoms with van der Waals surface area (Å²) >= 11 is 0. The van der Waals surface area contributed by atoms with Crippen LogP contribution in [0, 0.1) is 20.2 Å². The maximum absolute atomic E-state index is 10.2. The van der Waals surface area contributed by atoms with E-state index in [1.54, 1.807) is 0 Å². The number of aromatic hydroxyl groups is 1. The summed E-state index contributed by atoms with van der Waals surface area (Å²) in [6.07, 6.45) is 0. The van der Waals surface area contributed by atoms with Gasteiger partial charge in [-0.1, -0.05) is 0 Å². The summed E-state index contributed by atoms with van der Waals surface area (Å²) in [5, 5.41) is 29.3. The van der Waals surface area contributed by atoms with Gasteiger partial charge in [0.15, 0.2) is 5.75 Å². The number of nitro benzene ring substituents is 2. The molecule has 0 aliphatic carbocycles. The maximum Gasteiger partial charge on any atom is 1.00 e. The molecule has 7 nitrogen and oxygen atoms in total. The van der Waals surface area contributed by atoms with Crippen molar-refractivity contribution in [3.63, 3.8) is 0 Å². The molecule has 1 rings (SSSR count). The molecule has 0 saturated carbocycles. The van der Waals surface area contributed by atoms with Gasteiger partial charge < -0.3 is 6.53 Å². The number of nitro groups is 2. The molecule has 1 aromatic rings. The van der Waals surface area contributed by atoms with Crippen molar-refractivity contribution < 1.29 is 67.8 Å². The van der Waals surface area contributed by atoms with Crippen LogP contribution >= 0.6 is 0 Å². The zero-order valence-electron chi connectivity index (χ0n) is 8.21. The van der Waals surface area contributed by atoms with E-state index in [0.29, 0.717) is 6.07 Å². The van der Waals surface area contributed by atoms with E-state index in [9.17, 15) is 20.2 Å².